The summed E-state index contributed by atoms with van der Waals surface area (Å²) < 4.78 is 25.2. The summed E-state index contributed by atoms with van der Waals surface area (Å²) in [6.07, 6.45) is 6.91. The Morgan fingerprint density at radius 3 is 2.73 bits per heavy atom. The van der Waals surface area contributed by atoms with Crippen LogP contribution in [0.25, 0.3) is 11.4 Å². The van der Waals surface area contributed by atoms with Crippen LogP contribution in [0.3, 0.4) is 0 Å². The molecule has 2 aromatic heterocycles. The fraction of sp³-hybridized carbons (Fsp3) is 0.318. The molecule has 0 bridgehead atoms. The van der Waals surface area contributed by atoms with Crippen LogP contribution in [0.1, 0.15) is 30.0 Å². The molecule has 0 saturated heterocycles. The Kier molecular flexibility index (Phi) is 8.49. The van der Waals surface area contributed by atoms with Crippen molar-refractivity contribution >= 4 is 5.97 Å². The van der Waals surface area contributed by atoms with Crippen molar-refractivity contribution in [2.24, 2.45) is 7.05 Å². The number of pyridine rings is 1. The van der Waals surface area contributed by atoms with Gasteiger partial charge in [-0.2, -0.15) is 4.39 Å². The Hall–Kier alpha value is -3.26. The first-order chi connectivity index (χ1) is 14.4. The maximum absolute atomic E-state index is 13.2. The van der Waals surface area contributed by atoms with Crippen molar-refractivity contribution in [2.45, 2.75) is 20.4 Å². The number of halogens is 1. The van der Waals surface area contributed by atoms with E-state index >= 15 is 0 Å². The summed E-state index contributed by atoms with van der Waals surface area (Å²) in [6.45, 7) is 8.69. The van der Waals surface area contributed by atoms with Crippen LogP contribution in [-0.4, -0.2) is 40.8 Å². The first kappa shape index (κ1) is 23.0. The zero-order chi connectivity index (χ0) is 22.1. The molecule has 2 aromatic rings. The largest absolute Gasteiger partial charge is 0.497 e. The molecule has 0 amide bonds. The van der Waals surface area contributed by atoms with Gasteiger partial charge in [0.1, 0.15) is 11.6 Å². The molecule has 0 atom stereocenters. The van der Waals surface area contributed by atoms with Crippen molar-refractivity contribution in [1.29, 1.82) is 0 Å². The Bertz CT molecular complexity index is 946. The third-order valence-corrected chi connectivity index (χ3v) is 4.27. The number of rotatable bonds is 10. The van der Waals surface area contributed by atoms with Crippen molar-refractivity contribution < 1.29 is 18.7 Å². The van der Waals surface area contributed by atoms with Crippen molar-refractivity contribution in [3.8, 4) is 11.4 Å². The van der Waals surface area contributed by atoms with E-state index in [-0.39, 0.29) is 6.61 Å². The van der Waals surface area contributed by atoms with Gasteiger partial charge in [0.05, 0.1) is 19.4 Å². The van der Waals surface area contributed by atoms with Gasteiger partial charge in [0.2, 0.25) is 5.95 Å². The minimum absolute atomic E-state index is 0.249. The zero-order valence-electron chi connectivity index (χ0n) is 17.7. The summed E-state index contributed by atoms with van der Waals surface area (Å²) in [7, 11) is 3.32. The maximum atomic E-state index is 13.2. The minimum Gasteiger partial charge on any atom is -0.497 e. The highest BCUT2D eigenvalue weighted by Gasteiger charge is 2.22. The van der Waals surface area contributed by atoms with Gasteiger partial charge >= 0.3 is 5.97 Å². The molecule has 2 heterocycles. The van der Waals surface area contributed by atoms with Gasteiger partial charge in [0.25, 0.3) is 0 Å². The summed E-state index contributed by atoms with van der Waals surface area (Å²) in [6, 6.07) is 2.82. The number of nitrogens with zero attached hydrogens (tertiary/aromatic N) is 3. The minimum atomic E-state index is -0.582. The van der Waals surface area contributed by atoms with Crippen molar-refractivity contribution in [3.63, 3.8) is 0 Å². The van der Waals surface area contributed by atoms with Gasteiger partial charge < -0.3 is 19.4 Å². The van der Waals surface area contributed by atoms with Crippen LogP contribution in [-0.2, 0) is 23.1 Å². The highest BCUT2D eigenvalue weighted by molar-refractivity contribution is 5.90. The number of hydrogen-bond acceptors (Lipinski definition) is 6. The number of ether oxygens (including phenoxy) is 2. The topological polar surface area (TPSA) is 78.3 Å². The van der Waals surface area contributed by atoms with Gasteiger partial charge in [-0.1, -0.05) is 12.7 Å². The van der Waals surface area contributed by atoms with Crippen LogP contribution in [0.2, 0.25) is 0 Å². The van der Waals surface area contributed by atoms with Crippen molar-refractivity contribution in [2.75, 3.05) is 20.3 Å². The highest BCUT2D eigenvalue weighted by atomic mass is 19.1. The SMILES string of the molecule is C=C(/C=C\C(=C/C)OC)CNCc1nc(-c2ccc(F)nc2)n(C)c1C(=O)OCC. The summed E-state index contributed by atoms with van der Waals surface area (Å²) >= 11 is 0. The lowest BCUT2D eigenvalue weighted by Crippen LogP contribution is -2.19. The van der Waals surface area contributed by atoms with Crippen LogP contribution >= 0.6 is 0 Å². The summed E-state index contributed by atoms with van der Waals surface area (Å²) in [5, 5.41) is 3.23. The number of allylic oxidation sites excluding steroid dienone is 2. The van der Waals surface area contributed by atoms with E-state index in [1.807, 2.05) is 25.2 Å². The quantitative estimate of drug-likeness (QED) is 0.277. The van der Waals surface area contributed by atoms with Gasteiger partial charge in [0.15, 0.2) is 5.69 Å². The van der Waals surface area contributed by atoms with Gasteiger partial charge in [-0.25, -0.2) is 14.8 Å². The molecule has 1 N–H and O–H groups in total. The lowest BCUT2D eigenvalue weighted by molar-refractivity contribution is 0.0513. The molecule has 0 saturated carbocycles. The van der Waals surface area contributed by atoms with E-state index in [4.69, 9.17) is 9.47 Å². The Balaban J connectivity index is 2.19. The van der Waals surface area contributed by atoms with E-state index < -0.39 is 11.9 Å². The molecule has 0 aromatic carbocycles. The van der Waals surface area contributed by atoms with Crippen molar-refractivity contribution in [3.05, 3.63) is 71.8 Å². The molecule has 7 nitrogen and oxygen atoms in total. The van der Waals surface area contributed by atoms with E-state index in [1.54, 1.807) is 31.7 Å². The molecular formula is C22H27FN4O3. The summed E-state index contributed by atoms with van der Waals surface area (Å²) in [4.78, 5) is 20.7. The molecule has 0 unspecified atom stereocenters. The first-order valence-electron chi connectivity index (χ1n) is 9.52. The Labute approximate surface area is 175 Å². The van der Waals surface area contributed by atoms with Crippen LogP contribution < -0.4 is 5.32 Å². The number of esters is 1. The number of methoxy groups -OCH3 is 1. The summed E-state index contributed by atoms with van der Waals surface area (Å²) in [5.74, 6) is 0.186. The average molecular weight is 414 g/mol. The van der Waals surface area contributed by atoms with Gasteiger partial charge in [-0.3, -0.25) is 0 Å². The molecular weight excluding hydrogens is 387 g/mol. The van der Waals surface area contributed by atoms with Crippen LogP contribution in [0.5, 0.6) is 0 Å². The van der Waals surface area contributed by atoms with Gasteiger partial charge in [-0.05, 0) is 43.7 Å². The fourth-order valence-corrected chi connectivity index (χ4v) is 2.78. The second-order valence-electron chi connectivity index (χ2n) is 6.37. The summed E-state index contributed by atoms with van der Waals surface area (Å²) in [5.41, 5.74) is 2.29. The van der Waals surface area contributed by atoms with Crippen molar-refractivity contribution in [1.82, 2.24) is 19.9 Å². The van der Waals surface area contributed by atoms with Crippen LogP contribution in [0, 0.1) is 5.95 Å². The second-order valence-corrected chi connectivity index (χ2v) is 6.37. The number of imidazole rings is 1. The number of nitrogens with one attached hydrogen (secondary N) is 1. The van der Waals surface area contributed by atoms with Crippen LogP contribution in [0.15, 0.2) is 54.5 Å². The number of aromatic nitrogens is 3. The number of carbonyl (C=O) groups is 1. The average Bonchev–Trinajstić information content (AvgIpc) is 3.05. The predicted molar refractivity (Wildman–Crippen MR) is 113 cm³/mol. The lowest BCUT2D eigenvalue weighted by atomic mass is 10.2. The van der Waals surface area contributed by atoms with E-state index in [0.717, 1.165) is 11.3 Å². The normalized spacial score (nSPS) is 11.7. The zero-order valence-corrected chi connectivity index (χ0v) is 17.7. The van der Waals surface area contributed by atoms with Crippen LogP contribution in [0.4, 0.5) is 4.39 Å². The molecule has 0 radical (unpaired) electrons. The molecule has 8 heteroatoms. The van der Waals surface area contributed by atoms with E-state index in [9.17, 15) is 9.18 Å². The number of hydrogen-bond donors (Lipinski definition) is 1. The van der Waals surface area contributed by atoms with E-state index in [2.05, 4.69) is 21.9 Å². The van der Waals surface area contributed by atoms with E-state index in [0.29, 0.717) is 35.9 Å². The molecule has 0 aliphatic rings. The molecule has 2 rings (SSSR count). The van der Waals surface area contributed by atoms with Gasteiger partial charge in [-0.15, -0.1) is 0 Å². The fourth-order valence-electron chi connectivity index (χ4n) is 2.78. The Morgan fingerprint density at radius 1 is 1.37 bits per heavy atom. The third kappa shape index (κ3) is 5.87. The number of carbonyl (C=O) groups excluding carboxylic acids is 1. The molecule has 0 fully saturated rings. The van der Waals surface area contributed by atoms with Gasteiger partial charge in [0, 0.05) is 31.9 Å². The monoisotopic (exact) mass is 414 g/mol. The molecule has 0 spiro atoms. The second kappa shape index (κ2) is 11.1. The molecule has 30 heavy (non-hydrogen) atoms. The molecule has 0 aliphatic heterocycles. The van der Waals surface area contributed by atoms with E-state index in [1.165, 1.54) is 12.3 Å². The first-order valence-corrected chi connectivity index (χ1v) is 9.52. The maximum Gasteiger partial charge on any atom is 0.356 e. The standard InChI is InChI=1S/C22H27FN4O3/c1-6-17(29-5)10-8-15(3)12-24-14-18-20(22(28)30-7-2)27(4)21(26-18)16-9-11-19(23)25-13-16/h6,8-11,13,24H,3,7,12,14H2,1-2,4-5H3/b10-8-,17-6+. The smallest absolute Gasteiger partial charge is 0.356 e. The Morgan fingerprint density at radius 2 is 2.13 bits per heavy atom. The molecule has 0 aliphatic carbocycles. The molecule has 160 valence electrons. The highest BCUT2D eigenvalue weighted by Crippen LogP contribution is 2.22. The third-order valence-electron chi connectivity index (χ3n) is 4.27. The predicted octanol–water partition coefficient (Wildman–Crippen LogP) is 3.55. The lowest BCUT2D eigenvalue weighted by Gasteiger charge is -2.08.